The molecule has 1 atom stereocenters. The number of ether oxygens (including phenoxy) is 1. The van der Waals surface area contributed by atoms with Crippen molar-refractivity contribution in [3.05, 3.63) is 59.7 Å². The van der Waals surface area contributed by atoms with Crippen LogP contribution in [-0.4, -0.2) is 0 Å². The molecule has 0 saturated heterocycles. The van der Waals surface area contributed by atoms with E-state index >= 15 is 0 Å². The van der Waals surface area contributed by atoms with Gasteiger partial charge < -0.3 is 10.5 Å². The van der Waals surface area contributed by atoms with Gasteiger partial charge >= 0.3 is 0 Å². The summed E-state index contributed by atoms with van der Waals surface area (Å²) in [5, 5.41) is 0. The van der Waals surface area contributed by atoms with E-state index in [1.54, 1.807) is 0 Å². The van der Waals surface area contributed by atoms with Crippen molar-refractivity contribution in [2.75, 3.05) is 0 Å². The number of aryl methyl sites for hydroxylation is 1. The minimum Gasteiger partial charge on any atom is -0.457 e. The van der Waals surface area contributed by atoms with E-state index in [2.05, 4.69) is 26.0 Å². The van der Waals surface area contributed by atoms with Crippen LogP contribution < -0.4 is 10.5 Å². The molecule has 2 heteroatoms. The first-order valence-electron chi connectivity index (χ1n) is 7.35. The van der Waals surface area contributed by atoms with E-state index in [-0.39, 0.29) is 6.04 Å². The van der Waals surface area contributed by atoms with E-state index in [9.17, 15) is 0 Å². The molecular weight excluding hydrogens is 246 g/mol. The van der Waals surface area contributed by atoms with Gasteiger partial charge in [0.15, 0.2) is 0 Å². The molecule has 2 aromatic carbocycles. The number of hydrogen-bond donors (Lipinski definition) is 1. The van der Waals surface area contributed by atoms with Crippen LogP contribution in [0.4, 0.5) is 0 Å². The number of nitrogens with two attached hydrogens (primary N) is 1. The van der Waals surface area contributed by atoms with Gasteiger partial charge in [-0.05, 0) is 48.2 Å². The van der Waals surface area contributed by atoms with Crippen LogP contribution in [-0.2, 0) is 6.42 Å². The Morgan fingerprint density at radius 1 is 0.900 bits per heavy atom. The summed E-state index contributed by atoms with van der Waals surface area (Å²) in [4.78, 5) is 0. The third kappa shape index (κ3) is 3.84. The Morgan fingerprint density at radius 3 is 1.95 bits per heavy atom. The molecule has 0 bridgehead atoms. The molecule has 20 heavy (non-hydrogen) atoms. The second-order valence-electron chi connectivity index (χ2n) is 5.08. The Morgan fingerprint density at radius 2 is 1.45 bits per heavy atom. The number of benzene rings is 2. The van der Waals surface area contributed by atoms with Crippen molar-refractivity contribution in [2.45, 2.75) is 39.2 Å². The summed E-state index contributed by atoms with van der Waals surface area (Å²) in [6.07, 6.45) is 3.22. The molecule has 0 heterocycles. The monoisotopic (exact) mass is 269 g/mol. The Bertz CT molecular complexity index is 516. The minimum atomic E-state index is 0.109. The molecule has 2 N–H and O–H groups in total. The maximum atomic E-state index is 6.00. The highest BCUT2D eigenvalue weighted by Crippen LogP contribution is 2.24. The maximum Gasteiger partial charge on any atom is 0.127 e. The molecule has 0 spiro atoms. The fraction of sp³-hybridized carbons (Fsp3) is 0.333. The van der Waals surface area contributed by atoms with Gasteiger partial charge in [0.1, 0.15) is 11.5 Å². The lowest BCUT2D eigenvalue weighted by Gasteiger charge is -2.11. The zero-order chi connectivity index (χ0) is 14.4. The van der Waals surface area contributed by atoms with Crippen molar-refractivity contribution >= 4 is 0 Å². The second kappa shape index (κ2) is 7.11. The second-order valence-corrected chi connectivity index (χ2v) is 5.08. The van der Waals surface area contributed by atoms with E-state index in [0.717, 1.165) is 29.9 Å². The van der Waals surface area contributed by atoms with Gasteiger partial charge in [-0.1, -0.05) is 44.5 Å². The Labute approximate surface area is 121 Å². The molecule has 0 aromatic heterocycles. The first-order valence-corrected chi connectivity index (χ1v) is 7.35. The molecule has 0 aliphatic rings. The van der Waals surface area contributed by atoms with Gasteiger partial charge in [-0.15, -0.1) is 0 Å². The molecule has 0 saturated carbocycles. The van der Waals surface area contributed by atoms with Crippen LogP contribution in [0.25, 0.3) is 0 Å². The molecule has 106 valence electrons. The summed E-state index contributed by atoms with van der Waals surface area (Å²) in [6.45, 7) is 4.28. The van der Waals surface area contributed by atoms with Crippen LogP contribution in [0.2, 0.25) is 0 Å². The van der Waals surface area contributed by atoms with E-state index in [1.807, 2.05) is 36.4 Å². The normalized spacial score (nSPS) is 12.2. The number of rotatable bonds is 6. The third-order valence-electron chi connectivity index (χ3n) is 3.45. The highest BCUT2D eigenvalue weighted by atomic mass is 16.5. The topological polar surface area (TPSA) is 35.2 Å². The average molecular weight is 269 g/mol. The molecule has 0 aliphatic heterocycles. The lowest BCUT2D eigenvalue weighted by atomic mass is 10.1. The van der Waals surface area contributed by atoms with Crippen molar-refractivity contribution in [1.82, 2.24) is 0 Å². The predicted octanol–water partition coefficient (Wildman–Crippen LogP) is 4.84. The summed E-state index contributed by atoms with van der Waals surface area (Å²) in [6, 6.07) is 16.4. The van der Waals surface area contributed by atoms with Crippen LogP contribution in [0.3, 0.4) is 0 Å². The average Bonchev–Trinajstić information content (AvgIpc) is 2.49. The van der Waals surface area contributed by atoms with Crippen LogP contribution in [0, 0.1) is 0 Å². The fourth-order valence-corrected chi connectivity index (χ4v) is 2.17. The van der Waals surface area contributed by atoms with Crippen molar-refractivity contribution in [2.24, 2.45) is 5.73 Å². The number of hydrogen-bond acceptors (Lipinski definition) is 2. The molecule has 2 nitrogen and oxygen atoms in total. The fourth-order valence-electron chi connectivity index (χ4n) is 2.17. The minimum absolute atomic E-state index is 0.109. The van der Waals surface area contributed by atoms with Crippen LogP contribution in [0.1, 0.15) is 43.9 Å². The first-order chi connectivity index (χ1) is 9.72. The smallest absolute Gasteiger partial charge is 0.127 e. The van der Waals surface area contributed by atoms with Crippen LogP contribution in [0.15, 0.2) is 48.5 Å². The first kappa shape index (κ1) is 14.6. The summed E-state index contributed by atoms with van der Waals surface area (Å²) >= 11 is 0. The van der Waals surface area contributed by atoms with Crippen molar-refractivity contribution in [3.8, 4) is 11.5 Å². The molecule has 2 rings (SSSR count). The summed E-state index contributed by atoms with van der Waals surface area (Å²) in [5.74, 6) is 1.72. The van der Waals surface area contributed by atoms with E-state index in [1.165, 1.54) is 12.0 Å². The van der Waals surface area contributed by atoms with Gasteiger partial charge in [0.25, 0.3) is 0 Å². The maximum absolute atomic E-state index is 6.00. The Hall–Kier alpha value is -1.80. The molecular formula is C18H23NO. The van der Waals surface area contributed by atoms with Gasteiger partial charge in [0, 0.05) is 6.04 Å². The Kier molecular flexibility index (Phi) is 5.19. The summed E-state index contributed by atoms with van der Waals surface area (Å²) in [5.41, 5.74) is 8.50. The van der Waals surface area contributed by atoms with Gasteiger partial charge in [-0.25, -0.2) is 0 Å². The highest BCUT2D eigenvalue weighted by molar-refractivity contribution is 5.35. The lowest BCUT2D eigenvalue weighted by Crippen LogP contribution is -2.07. The van der Waals surface area contributed by atoms with Gasteiger partial charge in [-0.3, -0.25) is 0 Å². The van der Waals surface area contributed by atoms with Gasteiger partial charge in [0.2, 0.25) is 0 Å². The van der Waals surface area contributed by atoms with E-state index in [0.29, 0.717) is 0 Å². The molecule has 0 unspecified atom stereocenters. The summed E-state index contributed by atoms with van der Waals surface area (Å²) in [7, 11) is 0. The molecule has 0 fully saturated rings. The van der Waals surface area contributed by atoms with Crippen molar-refractivity contribution in [3.63, 3.8) is 0 Å². The van der Waals surface area contributed by atoms with Gasteiger partial charge in [-0.2, -0.15) is 0 Å². The quantitative estimate of drug-likeness (QED) is 0.814. The van der Waals surface area contributed by atoms with E-state index < -0.39 is 0 Å². The third-order valence-corrected chi connectivity index (χ3v) is 3.45. The highest BCUT2D eigenvalue weighted by Gasteiger charge is 2.03. The van der Waals surface area contributed by atoms with Crippen LogP contribution >= 0.6 is 0 Å². The van der Waals surface area contributed by atoms with Gasteiger partial charge in [0.05, 0.1) is 0 Å². The standard InChI is InChI=1S/C18H23NO/c1-3-5-14-6-10-16(11-7-14)20-17-12-8-15(9-13-17)18(19)4-2/h6-13,18H,3-5,19H2,1-2H3/t18-/m1/s1. The van der Waals surface area contributed by atoms with Crippen LogP contribution in [0.5, 0.6) is 11.5 Å². The molecule has 0 aliphatic carbocycles. The molecule has 2 aromatic rings. The molecule has 0 amide bonds. The zero-order valence-corrected chi connectivity index (χ0v) is 12.3. The van der Waals surface area contributed by atoms with E-state index in [4.69, 9.17) is 10.5 Å². The molecule has 0 radical (unpaired) electrons. The SMILES string of the molecule is CCCc1ccc(Oc2ccc([C@H](N)CC)cc2)cc1. The lowest BCUT2D eigenvalue weighted by molar-refractivity contribution is 0.482. The predicted molar refractivity (Wildman–Crippen MR) is 84.2 cm³/mol. The summed E-state index contributed by atoms with van der Waals surface area (Å²) < 4.78 is 5.84. The van der Waals surface area contributed by atoms with Crippen molar-refractivity contribution in [1.29, 1.82) is 0 Å². The zero-order valence-electron chi connectivity index (χ0n) is 12.3. The largest absolute Gasteiger partial charge is 0.457 e. The Balaban J connectivity index is 2.02. The van der Waals surface area contributed by atoms with Crippen molar-refractivity contribution < 1.29 is 4.74 Å².